The van der Waals surface area contributed by atoms with Crippen LogP contribution in [-0.2, 0) is 0 Å². The number of benzene rings is 2. The lowest BCUT2D eigenvalue weighted by Crippen LogP contribution is -1.99. The Morgan fingerprint density at radius 2 is 1.46 bits per heavy atom. The molecule has 2 aromatic rings. The molecule has 0 atom stereocenters. The minimum absolute atomic E-state index is 0.584. The van der Waals surface area contributed by atoms with Crippen molar-refractivity contribution in [2.45, 2.75) is 0 Å². The fourth-order valence-corrected chi connectivity index (χ4v) is 2.46. The van der Waals surface area contributed by atoms with Crippen LogP contribution in [0.4, 0.5) is 11.4 Å². The summed E-state index contributed by atoms with van der Waals surface area (Å²) in [6.45, 7) is 0. The number of hydrogen-bond acceptors (Lipinski definition) is 2. The van der Waals surface area contributed by atoms with Crippen molar-refractivity contribution in [3.8, 4) is 0 Å². The minimum atomic E-state index is 0.584. The summed E-state index contributed by atoms with van der Waals surface area (Å²) in [5, 5.41) is 9.29. The lowest BCUT2D eigenvalue weighted by molar-refractivity contribution is 1.67. The zero-order valence-corrected chi connectivity index (χ0v) is 7.96. The van der Waals surface area contributed by atoms with Gasteiger partial charge in [-0.1, -0.05) is 24.3 Å². The van der Waals surface area contributed by atoms with Crippen molar-refractivity contribution >= 4 is 31.0 Å². The lowest BCUT2D eigenvalue weighted by atomic mass is 10.1. The number of rotatable bonds is 0. The molecule has 1 heterocycles. The van der Waals surface area contributed by atoms with Crippen LogP contribution in [0.15, 0.2) is 36.4 Å². The Morgan fingerprint density at radius 1 is 0.846 bits per heavy atom. The topological polar surface area (TPSA) is 24.1 Å². The van der Waals surface area contributed by atoms with Gasteiger partial charge in [-0.15, -0.1) is 0 Å². The number of hydrogen-bond donors (Lipinski definition) is 2. The molecule has 0 spiro atoms. The van der Waals surface area contributed by atoms with Gasteiger partial charge in [-0.2, -0.15) is 0 Å². The molecule has 1 aliphatic heterocycles. The Balaban J connectivity index is 2.49. The van der Waals surface area contributed by atoms with Crippen LogP contribution in [-0.4, -0.2) is 0 Å². The maximum atomic E-state index is 3.34. The highest BCUT2D eigenvalue weighted by molar-refractivity contribution is 7.42. The van der Waals surface area contributed by atoms with E-state index in [2.05, 4.69) is 46.6 Å². The quantitative estimate of drug-likeness (QED) is 0.620. The minimum Gasteiger partial charge on any atom is -0.350 e. The highest BCUT2D eigenvalue weighted by Crippen LogP contribution is 2.38. The van der Waals surface area contributed by atoms with Gasteiger partial charge in [0.15, 0.2) is 0 Å². The first-order chi connectivity index (χ1) is 6.45. The first-order valence-electron chi connectivity index (χ1n) is 4.24. The summed E-state index contributed by atoms with van der Waals surface area (Å²) in [5.74, 6) is 0. The first-order valence-corrected chi connectivity index (χ1v) is 5.24. The van der Waals surface area contributed by atoms with Crippen LogP contribution in [0.5, 0.6) is 0 Å². The van der Waals surface area contributed by atoms with Gasteiger partial charge >= 0.3 is 0 Å². The normalized spacial score (nSPS) is 13.5. The first kappa shape index (κ1) is 7.16. The molecule has 0 bridgehead atoms. The molecule has 0 aromatic heterocycles. The van der Waals surface area contributed by atoms with Crippen molar-refractivity contribution in [1.29, 1.82) is 0 Å². The zero-order valence-electron chi connectivity index (χ0n) is 6.96. The third-order valence-corrected chi connectivity index (χ3v) is 3.09. The second-order valence-corrected chi connectivity index (χ2v) is 3.83. The molecule has 0 unspecified atom stereocenters. The van der Waals surface area contributed by atoms with Gasteiger partial charge in [-0.3, -0.25) is 0 Å². The van der Waals surface area contributed by atoms with Crippen molar-refractivity contribution in [2.24, 2.45) is 0 Å². The van der Waals surface area contributed by atoms with E-state index in [0.29, 0.717) is 8.88 Å². The van der Waals surface area contributed by atoms with E-state index in [4.69, 9.17) is 0 Å². The van der Waals surface area contributed by atoms with Crippen molar-refractivity contribution in [3.05, 3.63) is 36.4 Å². The van der Waals surface area contributed by atoms with Crippen LogP contribution in [0, 0.1) is 0 Å². The molecule has 64 valence electrons. The van der Waals surface area contributed by atoms with Crippen molar-refractivity contribution in [1.82, 2.24) is 0 Å². The van der Waals surface area contributed by atoms with E-state index < -0.39 is 0 Å². The van der Waals surface area contributed by atoms with Crippen molar-refractivity contribution < 1.29 is 0 Å². The predicted molar refractivity (Wildman–Crippen MR) is 59.5 cm³/mol. The standard InChI is InChI=1S/C10H9N2P/c1-3-7-4-2-6-9-10(7)8(5-1)11-13-12-9/h1-6,11-13H. The summed E-state index contributed by atoms with van der Waals surface area (Å²) in [6, 6.07) is 12.7. The molecular formula is C10H9N2P. The van der Waals surface area contributed by atoms with Crippen LogP contribution in [0.25, 0.3) is 10.8 Å². The molecule has 3 heteroatoms. The van der Waals surface area contributed by atoms with Gasteiger partial charge < -0.3 is 10.2 Å². The monoisotopic (exact) mass is 188 g/mol. The smallest absolute Gasteiger partial charge is 0.0743 e. The van der Waals surface area contributed by atoms with Gasteiger partial charge in [0, 0.05) is 16.8 Å². The van der Waals surface area contributed by atoms with E-state index in [-0.39, 0.29) is 0 Å². The Hall–Kier alpha value is -1.27. The van der Waals surface area contributed by atoms with E-state index >= 15 is 0 Å². The SMILES string of the molecule is c1cc2c3c(cccc3c1)NPN2. The fraction of sp³-hybridized carbons (Fsp3) is 0. The van der Waals surface area contributed by atoms with Crippen LogP contribution in [0.2, 0.25) is 0 Å². The van der Waals surface area contributed by atoms with Gasteiger partial charge in [0.2, 0.25) is 0 Å². The molecule has 0 radical (unpaired) electrons. The van der Waals surface area contributed by atoms with E-state index in [0.717, 1.165) is 0 Å². The molecule has 1 aliphatic rings. The highest BCUT2D eigenvalue weighted by Gasteiger charge is 2.09. The van der Waals surface area contributed by atoms with E-state index in [9.17, 15) is 0 Å². The molecular weight excluding hydrogens is 179 g/mol. The fourth-order valence-electron chi connectivity index (χ4n) is 1.72. The van der Waals surface area contributed by atoms with Gasteiger partial charge in [-0.25, -0.2) is 0 Å². The molecule has 3 rings (SSSR count). The predicted octanol–water partition coefficient (Wildman–Crippen LogP) is 3.19. The molecule has 2 N–H and O–H groups in total. The summed E-state index contributed by atoms with van der Waals surface area (Å²) in [5.41, 5.74) is 2.48. The summed E-state index contributed by atoms with van der Waals surface area (Å²) >= 11 is 0. The van der Waals surface area contributed by atoms with Crippen molar-refractivity contribution in [3.63, 3.8) is 0 Å². The van der Waals surface area contributed by atoms with Crippen LogP contribution in [0.1, 0.15) is 0 Å². The van der Waals surface area contributed by atoms with Gasteiger partial charge in [-0.05, 0) is 17.5 Å². The molecule has 13 heavy (non-hydrogen) atoms. The summed E-state index contributed by atoms with van der Waals surface area (Å²) < 4.78 is 0. The molecule has 0 amide bonds. The van der Waals surface area contributed by atoms with Crippen LogP contribution < -0.4 is 10.2 Å². The number of nitrogens with one attached hydrogen (secondary N) is 2. The van der Waals surface area contributed by atoms with E-state index in [1.165, 1.54) is 22.1 Å². The van der Waals surface area contributed by atoms with E-state index in [1.807, 2.05) is 0 Å². The molecule has 2 nitrogen and oxygen atoms in total. The Kier molecular flexibility index (Phi) is 1.44. The van der Waals surface area contributed by atoms with Gasteiger partial charge in [0.1, 0.15) is 0 Å². The van der Waals surface area contributed by atoms with Crippen molar-refractivity contribution in [2.75, 3.05) is 10.2 Å². The van der Waals surface area contributed by atoms with E-state index in [1.54, 1.807) is 0 Å². The maximum Gasteiger partial charge on any atom is 0.0743 e. The third-order valence-electron chi connectivity index (χ3n) is 2.30. The third kappa shape index (κ3) is 0.991. The molecule has 2 aromatic carbocycles. The summed E-state index contributed by atoms with van der Waals surface area (Å²) in [6.07, 6.45) is 0. The maximum absolute atomic E-state index is 3.34. The molecule has 0 saturated carbocycles. The molecule has 0 aliphatic carbocycles. The summed E-state index contributed by atoms with van der Waals surface area (Å²) in [7, 11) is 0.584. The van der Waals surface area contributed by atoms with Crippen LogP contribution >= 0.6 is 8.88 Å². The Labute approximate surface area is 78.2 Å². The largest absolute Gasteiger partial charge is 0.350 e. The summed E-state index contributed by atoms with van der Waals surface area (Å²) in [4.78, 5) is 0. The lowest BCUT2D eigenvalue weighted by Gasteiger charge is -2.19. The van der Waals surface area contributed by atoms with Gasteiger partial charge in [0.25, 0.3) is 0 Å². The second kappa shape index (κ2) is 2.61. The average molecular weight is 188 g/mol. The second-order valence-electron chi connectivity index (χ2n) is 3.08. The number of anilines is 2. The zero-order chi connectivity index (χ0) is 8.67. The Morgan fingerprint density at radius 3 is 2.08 bits per heavy atom. The van der Waals surface area contributed by atoms with Crippen LogP contribution in [0.3, 0.4) is 0 Å². The molecule has 0 fully saturated rings. The van der Waals surface area contributed by atoms with Gasteiger partial charge in [0.05, 0.1) is 8.88 Å². The Bertz CT molecular complexity index is 429. The average Bonchev–Trinajstić information content (AvgIpc) is 2.19. The highest BCUT2D eigenvalue weighted by atomic mass is 31.1. The molecule has 0 saturated heterocycles.